The molecule has 1 rings (SSSR count). The number of hydrogen-bond acceptors (Lipinski definition) is 3. The number of carbonyl (C=O) groups excluding carboxylic acids is 1. The maximum atomic E-state index is 11.7. The molecule has 0 bridgehead atoms. The van der Waals surface area contributed by atoms with E-state index < -0.39 is 0 Å². The van der Waals surface area contributed by atoms with Gasteiger partial charge in [0.05, 0.1) is 6.10 Å². The van der Waals surface area contributed by atoms with Crippen LogP contribution in [0.4, 0.5) is 0 Å². The van der Waals surface area contributed by atoms with Gasteiger partial charge in [-0.25, -0.2) is 0 Å². The van der Waals surface area contributed by atoms with E-state index in [0.717, 1.165) is 32.0 Å². The van der Waals surface area contributed by atoms with E-state index in [1.807, 2.05) is 20.8 Å². The zero-order valence-corrected chi connectivity index (χ0v) is 15.8. The molecule has 1 atom stereocenters. The zero-order valence-electron chi connectivity index (χ0n) is 13.5. The SMILES string of the molecule is CN=C(NCCNC(=O)C(C)(C)C)NCC1CCCO1.I. The summed E-state index contributed by atoms with van der Waals surface area (Å²) in [7, 11) is 1.73. The van der Waals surface area contributed by atoms with Gasteiger partial charge in [-0.1, -0.05) is 20.8 Å². The molecule has 1 unspecified atom stereocenters. The molecule has 3 N–H and O–H groups in total. The largest absolute Gasteiger partial charge is 0.376 e. The van der Waals surface area contributed by atoms with Gasteiger partial charge in [0.1, 0.15) is 0 Å². The van der Waals surface area contributed by atoms with Crippen LogP contribution in [-0.4, -0.2) is 51.3 Å². The molecule has 1 aliphatic rings. The van der Waals surface area contributed by atoms with Gasteiger partial charge in [0.25, 0.3) is 0 Å². The van der Waals surface area contributed by atoms with Gasteiger partial charge in [-0.15, -0.1) is 24.0 Å². The molecule has 0 aromatic heterocycles. The first kappa shape index (κ1) is 20.4. The fourth-order valence-electron chi connectivity index (χ4n) is 1.86. The number of carbonyl (C=O) groups is 1. The van der Waals surface area contributed by atoms with Gasteiger partial charge in [-0.3, -0.25) is 9.79 Å². The molecule has 1 amide bonds. The van der Waals surface area contributed by atoms with Crippen LogP contribution < -0.4 is 16.0 Å². The van der Waals surface area contributed by atoms with Crippen molar-refractivity contribution in [2.45, 2.75) is 39.7 Å². The highest BCUT2D eigenvalue weighted by Crippen LogP contribution is 2.12. The standard InChI is InChI=1S/C14H28N4O2.HI/c1-14(2,3)12(19)16-7-8-17-13(15-4)18-10-11-6-5-9-20-11;/h11H,5-10H2,1-4H3,(H,16,19)(H2,15,17,18);1H. The lowest BCUT2D eigenvalue weighted by atomic mass is 9.96. The van der Waals surface area contributed by atoms with Crippen molar-refractivity contribution in [3.05, 3.63) is 0 Å². The van der Waals surface area contributed by atoms with Crippen LogP contribution in [0.2, 0.25) is 0 Å². The molecule has 1 heterocycles. The van der Waals surface area contributed by atoms with Crippen LogP contribution in [0.3, 0.4) is 0 Å². The Morgan fingerprint density at radius 3 is 2.43 bits per heavy atom. The number of rotatable bonds is 5. The Kier molecular flexibility index (Phi) is 9.93. The molecule has 1 fully saturated rings. The first-order valence-corrected chi connectivity index (χ1v) is 7.28. The van der Waals surface area contributed by atoms with Gasteiger partial charge in [0, 0.05) is 38.7 Å². The first-order chi connectivity index (χ1) is 9.43. The van der Waals surface area contributed by atoms with Crippen LogP contribution in [-0.2, 0) is 9.53 Å². The van der Waals surface area contributed by atoms with Crippen molar-refractivity contribution in [1.82, 2.24) is 16.0 Å². The molecule has 1 aliphatic heterocycles. The highest BCUT2D eigenvalue weighted by molar-refractivity contribution is 14.0. The van der Waals surface area contributed by atoms with E-state index in [0.29, 0.717) is 13.1 Å². The molecule has 124 valence electrons. The second kappa shape index (κ2) is 10.2. The number of aliphatic imine (C=N–C) groups is 1. The fraction of sp³-hybridized carbons (Fsp3) is 0.857. The number of halogens is 1. The molecule has 7 heteroatoms. The third kappa shape index (κ3) is 8.45. The molecule has 0 saturated carbocycles. The summed E-state index contributed by atoms with van der Waals surface area (Å²) in [4.78, 5) is 15.8. The molecule has 6 nitrogen and oxygen atoms in total. The third-order valence-corrected chi connectivity index (χ3v) is 3.13. The molecule has 0 aromatic rings. The second-order valence-corrected chi connectivity index (χ2v) is 6.02. The molecular weight excluding hydrogens is 383 g/mol. The van der Waals surface area contributed by atoms with E-state index in [1.165, 1.54) is 0 Å². The fourth-order valence-corrected chi connectivity index (χ4v) is 1.86. The van der Waals surface area contributed by atoms with Gasteiger partial charge in [0.2, 0.25) is 5.91 Å². The summed E-state index contributed by atoms with van der Waals surface area (Å²) in [6.07, 6.45) is 2.53. The maximum Gasteiger partial charge on any atom is 0.225 e. The smallest absolute Gasteiger partial charge is 0.225 e. The number of amides is 1. The number of ether oxygens (including phenoxy) is 1. The van der Waals surface area contributed by atoms with Gasteiger partial charge >= 0.3 is 0 Å². The van der Waals surface area contributed by atoms with Crippen LogP contribution >= 0.6 is 24.0 Å². The Bertz CT molecular complexity index is 336. The van der Waals surface area contributed by atoms with Crippen LogP contribution in [0.1, 0.15) is 33.6 Å². The summed E-state index contributed by atoms with van der Waals surface area (Å²) < 4.78 is 5.54. The lowest BCUT2D eigenvalue weighted by Crippen LogP contribution is -2.45. The van der Waals surface area contributed by atoms with Crippen molar-refractivity contribution in [2.75, 3.05) is 33.3 Å². The molecule has 0 spiro atoms. The van der Waals surface area contributed by atoms with E-state index in [9.17, 15) is 4.79 Å². The minimum Gasteiger partial charge on any atom is -0.376 e. The highest BCUT2D eigenvalue weighted by atomic mass is 127. The van der Waals surface area contributed by atoms with Crippen LogP contribution in [0.25, 0.3) is 0 Å². The first-order valence-electron chi connectivity index (χ1n) is 7.28. The number of guanidine groups is 1. The van der Waals surface area contributed by atoms with Gasteiger partial charge in [-0.05, 0) is 12.8 Å². The molecule has 1 saturated heterocycles. The van der Waals surface area contributed by atoms with Crippen molar-refractivity contribution in [2.24, 2.45) is 10.4 Å². The third-order valence-electron chi connectivity index (χ3n) is 3.13. The molecule has 0 radical (unpaired) electrons. The Hall–Kier alpha value is -0.570. The quantitative estimate of drug-likeness (QED) is 0.274. The topological polar surface area (TPSA) is 74.8 Å². The van der Waals surface area contributed by atoms with E-state index >= 15 is 0 Å². The average molecular weight is 412 g/mol. The average Bonchev–Trinajstić information content (AvgIpc) is 2.89. The Balaban J connectivity index is 0.00000400. The molecular formula is C14H29IN4O2. The molecule has 0 aromatic carbocycles. The van der Waals surface area contributed by atoms with E-state index in [1.54, 1.807) is 7.05 Å². The monoisotopic (exact) mass is 412 g/mol. The van der Waals surface area contributed by atoms with Gasteiger partial charge in [0.15, 0.2) is 5.96 Å². The summed E-state index contributed by atoms with van der Waals surface area (Å²) in [5.74, 6) is 0.798. The number of nitrogens with one attached hydrogen (secondary N) is 3. The Morgan fingerprint density at radius 2 is 1.90 bits per heavy atom. The maximum absolute atomic E-state index is 11.7. The van der Waals surface area contributed by atoms with Crippen LogP contribution in [0.15, 0.2) is 4.99 Å². The Morgan fingerprint density at radius 1 is 1.24 bits per heavy atom. The predicted molar refractivity (Wildman–Crippen MR) is 96.2 cm³/mol. The minimum absolute atomic E-state index is 0. The van der Waals surface area contributed by atoms with E-state index in [-0.39, 0.29) is 41.4 Å². The summed E-state index contributed by atoms with van der Waals surface area (Å²) in [6.45, 7) is 8.56. The van der Waals surface area contributed by atoms with Crippen LogP contribution in [0.5, 0.6) is 0 Å². The minimum atomic E-state index is -0.347. The second-order valence-electron chi connectivity index (χ2n) is 6.02. The summed E-state index contributed by atoms with van der Waals surface area (Å²) in [6, 6.07) is 0. The van der Waals surface area contributed by atoms with E-state index in [4.69, 9.17) is 4.74 Å². The summed E-state index contributed by atoms with van der Waals surface area (Å²) in [5, 5.41) is 9.29. The molecule has 0 aliphatic carbocycles. The number of nitrogens with zero attached hydrogens (tertiary/aromatic N) is 1. The normalized spacial score (nSPS) is 18.9. The lowest BCUT2D eigenvalue weighted by molar-refractivity contribution is -0.128. The highest BCUT2D eigenvalue weighted by Gasteiger charge is 2.20. The summed E-state index contributed by atoms with van der Waals surface area (Å²) >= 11 is 0. The number of hydrogen-bond donors (Lipinski definition) is 3. The van der Waals surface area contributed by atoms with Crippen molar-refractivity contribution in [3.8, 4) is 0 Å². The van der Waals surface area contributed by atoms with Crippen molar-refractivity contribution in [3.63, 3.8) is 0 Å². The van der Waals surface area contributed by atoms with E-state index in [2.05, 4.69) is 20.9 Å². The Labute approximate surface area is 144 Å². The molecule has 21 heavy (non-hydrogen) atoms. The zero-order chi connectivity index (χ0) is 15.0. The summed E-state index contributed by atoms with van der Waals surface area (Å²) in [5.41, 5.74) is -0.347. The predicted octanol–water partition coefficient (Wildman–Crippen LogP) is 1.11. The van der Waals surface area contributed by atoms with Crippen molar-refractivity contribution < 1.29 is 9.53 Å². The van der Waals surface area contributed by atoms with Crippen molar-refractivity contribution in [1.29, 1.82) is 0 Å². The lowest BCUT2D eigenvalue weighted by Gasteiger charge is -2.18. The van der Waals surface area contributed by atoms with Gasteiger partial charge in [-0.2, -0.15) is 0 Å². The van der Waals surface area contributed by atoms with Crippen LogP contribution in [0, 0.1) is 5.41 Å². The van der Waals surface area contributed by atoms with Gasteiger partial charge < -0.3 is 20.7 Å². The van der Waals surface area contributed by atoms with Crippen molar-refractivity contribution >= 4 is 35.8 Å².